The number of hydrogen-bond acceptors (Lipinski definition) is 4. The van der Waals surface area contributed by atoms with Crippen molar-refractivity contribution < 1.29 is 19.3 Å². The first-order valence-electron chi connectivity index (χ1n) is 4.32. The van der Waals surface area contributed by atoms with E-state index in [4.69, 9.17) is 14.2 Å². The van der Waals surface area contributed by atoms with Crippen molar-refractivity contribution in [1.29, 1.82) is 0 Å². The van der Waals surface area contributed by atoms with Crippen LogP contribution < -0.4 is 0 Å². The van der Waals surface area contributed by atoms with Gasteiger partial charge in [-0.25, -0.2) is 0 Å². The van der Waals surface area contributed by atoms with Crippen LogP contribution in [0.5, 0.6) is 0 Å². The minimum atomic E-state index is -1.02. The van der Waals surface area contributed by atoms with E-state index in [1.807, 2.05) is 13.8 Å². The smallest absolute Gasteiger partial charge is 0.220 e. The van der Waals surface area contributed by atoms with Crippen LogP contribution in [0.2, 0.25) is 0 Å². The summed E-state index contributed by atoms with van der Waals surface area (Å²) in [6, 6.07) is 0. The highest BCUT2D eigenvalue weighted by atomic mass is 16.9. The van der Waals surface area contributed by atoms with Crippen LogP contribution in [0.1, 0.15) is 20.3 Å². The van der Waals surface area contributed by atoms with Crippen molar-refractivity contribution in [2.24, 2.45) is 0 Å². The van der Waals surface area contributed by atoms with Crippen molar-refractivity contribution in [3.8, 4) is 0 Å². The van der Waals surface area contributed by atoms with E-state index >= 15 is 0 Å². The summed E-state index contributed by atoms with van der Waals surface area (Å²) in [5.41, 5.74) is 0. The van der Waals surface area contributed by atoms with Crippen molar-refractivity contribution in [1.82, 2.24) is 0 Å². The molecule has 1 aliphatic heterocycles. The molecule has 0 radical (unpaired) electrons. The van der Waals surface area contributed by atoms with E-state index in [-0.39, 0.29) is 0 Å². The lowest BCUT2D eigenvalue weighted by Gasteiger charge is -2.02. The zero-order valence-electron chi connectivity index (χ0n) is 7.58. The van der Waals surface area contributed by atoms with Gasteiger partial charge in [0, 0.05) is 13.0 Å². The second kappa shape index (κ2) is 4.18. The highest BCUT2D eigenvalue weighted by Crippen LogP contribution is 2.37. The molecule has 0 saturated carbocycles. The summed E-state index contributed by atoms with van der Waals surface area (Å²) in [7, 11) is 0. The fourth-order valence-corrected chi connectivity index (χ4v) is 0.924. The first kappa shape index (κ1) is 9.92. The zero-order chi connectivity index (χ0) is 9.03. The molecule has 1 saturated heterocycles. The van der Waals surface area contributed by atoms with Gasteiger partial charge < -0.3 is 19.3 Å². The third-order valence-corrected chi connectivity index (χ3v) is 1.83. The lowest BCUT2D eigenvalue weighted by atomic mass is 10.3. The maximum absolute atomic E-state index is 9.37. The molecule has 0 aromatic carbocycles. The summed E-state index contributed by atoms with van der Waals surface area (Å²) < 4.78 is 15.1. The second-order valence-corrected chi connectivity index (χ2v) is 2.72. The Bertz CT molecular complexity index is 139. The van der Waals surface area contributed by atoms with Crippen molar-refractivity contribution in [2.75, 3.05) is 19.8 Å². The van der Waals surface area contributed by atoms with Crippen molar-refractivity contribution in [3.05, 3.63) is 0 Å². The fourth-order valence-electron chi connectivity index (χ4n) is 0.924. The Morgan fingerprint density at radius 1 is 1.42 bits per heavy atom. The molecule has 72 valence electrons. The largest absolute Gasteiger partial charge is 0.379 e. The average molecular weight is 176 g/mol. The summed E-state index contributed by atoms with van der Waals surface area (Å²) in [5, 5.41) is 9.37. The van der Waals surface area contributed by atoms with Gasteiger partial charge in [-0.3, -0.25) is 0 Å². The molecule has 2 atom stereocenters. The molecule has 1 rings (SSSR count). The minimum Gasteiger partial charge on any atom is -0.379 e. The standard InChI is InChI=1S/C8H16O4/c1-3-8(9)7(12-8)11-6-5-10-4-2/h7,9H,3-6H2,1-2H3. The Morgan fingerprint density at radius 3 is 2.67 bits per heavy atom. The molecule has 1 N–H and O–H groups in total. The molecule has 1 heterocycles. The molecule has 1 fully saturated rings. The van der Waals surface area contributed by atoms with Gasteiger partial charge in [0.15, 0.2) is 0 Å². The van der Waals surface area contributed by atoms with Gasteiger partial charge >= 0.3 is 0 Å². The minimum absolute atomic E-state index is 0.442. The number of hydrogen-bond donors (Lipinski definition) is 1. The first-order chi connectivity index (χ1) is 5.73. The fraction of sp³-hybridized carbons (Fsp3) is 1.00. The number of epoxide rings is 1. The van der Waals surface area contributed by atoms with E-state index in [0.717, 1.165) is 0 Å². The van der Waals surface area contributed by atoms with E-state index in [1.54, 1.807) is 0 Å². The molecule has 1 aliphatic rings. The van der Waals surface area contributed by atoms with E-state index in [2.05, 4.69) is 0 Å². The lowest BCUT2D eigenvalue weighted by molar-refractivity contribution is 0.00153. The first-order valence-corrected chi connectivity index (χ1v) is 4.32. The Balaban J connectivity index is 1.97. The van der Waals surface area contributed by atoms with Crippen LogP contribution in [0.4, 0.5) is 0 Å². The van der Waals surface area contributed by atoms with E-state index in [0.29, 0.717) is 26.2 Å². The normalized spacial score (nSPS) is 33.8. The average Bonchev–Trinajstić information content (AvgIpc) is 2.73. The van der Waals surface area contributed by atoms with E-state index in [9.17, 15) is 5.11 Å². The molecule has 4 heteroatoms. The summed E-state index contributed by atoms with van der Waals surface area (Å²) in [4.78, 5) is 0. The third kappa shape index (κ3) is 2.42. The summed E-state index contributed by atoms with van der Waals surface area (Å²) >= 11 is 0. The van der Waals surface area contributed by atoms with Gasteiger partial charge in [0.05, 0.1) is 13.2 Å². The van der Waals surface area contributed by atoms with Crippen molar-refractivity contribution in [2.45, 2.75) is 32.3 Å². The van der Waals surface area contributed by atoms with Crippen LogP contribution >= 0.6 is 0 Å². The molecule has 0 aromatic rings. The van der Waals surface area contributed by atoms with Gasteiger partial charge in [0.1, 0.15) is 0 Å². The number of rotatable bonds is 6. The third-order valence-electron chi connectivity index (χ3n) is 1.83. The van der Waals surface area contributed by atoms with Crippen LogP contribution in [0, 0.1) is 0 Å². The quantitative estimate of drug-likeness (QED) is 0.473. The Labute approximate surface area is 72.4 Å². The van der Waals surface area contributed by atoms with Gasteiger partial charge in [0.25, 0.3) is 0 Å². The molecule has 0 amide bonds. The SMILES string of the molecule is CCOCCOC1OC1(O)CC. The van der Waals surface area contributed by atoms with E-state index < -0.39 is 12.1 Å². The molecule has 12 heavy (non-hydrogen) atoms. The van der Waals surface area contributed by atoms with E-state index in [1.165, 1.54) is 0 Å². The van der Waals surface area contributed by atoms with Gasteiger partial charge in [-0.1, -0.05) is 6.92 Å². The number of aliphatic hydroxyl groups is 1. The Morgan fingerprint density at radius 2 is 2.17 bits per heavy atom. The number of ether oxygens (including phenoxy) is 3. The maximum Gasteiger partial charge on any atom is 0.220 e. The van der Waals surface area contributed by atoms with Crippen LogP contribution in [0.3, 0.4) is 0 Å². The van der Waals surface area contributed by atoms with Crippen LogP contribution in [-0.4, -0.2) is 37.0 Å². The topological polar surface area (TPSA) is 51.2 Å². The molecule has 0 aliphatic carbocycles. The zero-order valence-corrected chi connectivity index (χ0v) is 7.58. The Hall–Kier alpha value is -0.160. The predicted octanol–water partition coefficient (Wildman–Crippen LogP) is 0.494. The summed E-state index contributed by atoms with van der Waals surface area (Å²) in [6.07, 6.45) is 0.120. The summed E-state index contributed by atoms with van der Waals surface area (Å²) in [6.45, 7) is 5.49. The van der Waals surface area contributed by atoms with Crippen LogP contribution in [-0.2, 0) is 14.2 Å². The van der Waals surface area contributed by atoms with Gasteiger partial charge in [-0.15, -0.1) is 0 Å². The molecule has 2 unspecified atom stereocenters. The molecule has 4 nitrogen and oxygen atoms in total. The summed E-state index contributed by atoms with van der Waals surface area (Å²) in [5.74, 6) is -1.02. The highest BCUT2D eigenvalue weighted by molar-refractivity contribution is 4.84. The molecular formula is C8H16O4. The highest BCUT2D eigenvalue weighted by Gasteiger charge is 2.55. The maximum atomic E-state index is 9.37. The molecule has 0 aromatic heterocycles. The van der Waals surface area contributed by atoms with Gasteiger partial charge in [-0.2, -0.15) is 0 Å². The van der Waals surface area contributed by atoms with Crippen LogP contribution in [0.15, 0.2) is 0 Å². The molecular weight excluding hydrogens is 160 g/mol. The van der Waals surface area contributed by atoms with Crippen LogP contribution in [0.25, 0.3) is 0 Å². The lowest BCUT2D eigenvalue weighted by Crippen LogP contribution is -2.16. The van der Waals surface area contributed by atoms with Crippen molar-refractivity contribution >= 4 is 0 Å². The Kier molecular flexibility index (Phi) is 3.46. The predicted molar refractivity (Wildman–Crippen MR) is 42.6 cm³/mol. The van der Waals surface area contributed by atoms with Gasteiger partial charge in [-0.05, 0) is 6.92 Å². The monoisotopic (exact) mass is 176 g/mol. The van der Waals surface area contributed by atoms with Gasteiger partial charge in [0.2, 0.25) is 12.1 Å². The molecule has 0 bridgehead atoms. The molecule has 0 spiro atoms. The van der Waals surface area contributed by atoms with Crippen molar-refractivity contribution in [3.63, 3.8) is 0 Å². The second-order valence-electron chi connectivity index (χ2n) is 2.72.